The SMILES string of the molecule is CC(C)(C=Cc1ccc([N+](=O)[O-])c(C(=O)c2ccccc2)c1)CN1CCCC1. The zero-order chi connectivity index (χ0) is 20.1. The average Bonchev–Trinajstić information content (AvgIpc) is 3.18. The summed E-state index contributed by atoms with van der Waals surface area (Å²) >= 11 is 0. The van der Waals surface area contributed by atoms with Gasteiger partial charge in [0.05, 0.1) is 4.92 Å². The molecule has 3 rings (SSSR count). The Bertz CT molecular complexity index is 882. The van der Waals surface area contributed by atoms with Crippen LogP contribution in [0.3, 0.4) is 0 Å². The minimum Gasteiger partial charge on any atom is -0.302 e. The first-order chi connectivity index (χ1) is 13.4. The van der Waals surface area contributed by atoms with Gasteiger partial charge in [0.25, 0.3) is 5.69 Å². The van der Waals surface area contributed by atoms with Crippen molar-refractivity contribution in [1.82, 2.24) is 4.90 Å². The first kappa shape index (κ1) is 20.0. The summed E-state index contributed by atoms with van der Waals surface area (Å²) in [6.07, 6.45) is 6.60. The molecular formula is C23H26N2O3. The second-order valence-electron chi connectivity index (χ2n) is 8.03. The summed E-state index contributed by atoms with van der Waals surface area (Å²) in [5.41, 5.74) is 1.17. The van der Waals surface area contributed by atoms with Gasteiger partial charge in [-0.15, -0.1) is 0 Å². The molecule has 28 heavy (non-hydrogen) atoms. The Labute approximate surface area is 165 Å². The van der Waals surface area contributed by atoms with E-state index in [0.717, 1.165) is 25.2 Å². The highest BCUT2D eigenvalue weighted by atomic mass is 16.6. The zero-order valence-electron chi connectivity index (χ0n) is 16.4. The van der Waals surface area contributed by atoms with Crippen LogP contribution in [0.4, 0.5) is 5.69 Å². The molecule has 0 aliphatic carbocycles. The fraction of sp³-hybridized carbons (Fsp3) is 0.348. The highest BCUT2D eigenvalue weighted by Gasteiger charge is 2.23. The number of benzene rings is 2. The van der Waals surface area contributed by atoms with E-state index in [1.165, 1.54) is 18.9 Å². The van der Waals surface area contributed by atoms with Gasteiger partial charge in [0.2, 0.25) is 0 Å². The Morgan fingerprint density at radius 3 is 2.46 bits per heavy atom. The van der Waals surface area contributed by atoms with E-state index >= 15 is 0 Å². The number of ketones is 1. The molecule has 2 aromatic carbocycles. The summed E-state index contributed by atoms with van der Waals surface area (Å²) in [4.78, 5) is 26.2. The Morgan fingerprint density at radius 2 is 1.82 bits per heavy atom. The van der Waals surface area contributed by atoms with Crippen molar-refractivity contribution in [1.29, 1.82) is 0 Å². The molecular weight excluding hydrogens is 352 g/mol. The number of likely N-dealkylation sites (tertiary alicyclic amines) is 1. The molecule has 0 atom stereocenters. The number of rotatable bonds is 7. The number of nitro benzene ring substituents is 1. The van der Waals surface area contributed by atoms with Crippen molar-refractivity contribution < 1.29 is 9.72 Å². The third-order valence-electron chi connectivity index (χ3n) is 5.05. The monoisotopic (exact) mass is 378 g/mol. The van der Waals surface area contributed by atoms with E-state index in [1.807, 2.05) is 12.1 Å². The van der Waals surface area contributed by atoms with Gasteiger partial charge < -0.3 is 4.90 Å². The number of nitro groups is 1. The lowest BCUT2D eigenvalue weighted by atomic mass is 9.91. The lowest BCUT2D eigenvalue weighted by Gasteiger charge is -2.27. The van der Waals surface area contributed by atoms with Crippen LogP contribution in [0.25, 0.3) is 6.08 Å². The lowest BCUT2D eigenvalue weighted by molar-refractivity contribution is -0.385. The molecule has 0 unspecified atom stereocenters. The van der Waals surface area contributed by atoms with Gasteiger partial charge >= 0.3 is 0 Å². The van der Waals surface area contributed by atoms with Crippen molar-refractivity contribution in [2.24, 2.45) is 5.41 Å². The summed E-state index contributed by atoms with van der Waals surface area (Å²) in [6, 6.07) is 13.4. The van der Waals surface area contributed by atoms with Crippen molar-refractivity contribution in [2.75, 3.05) is 19.6 Å². The molecule has 5 heteroatoms. The fourth-order valence-electron chi connectivity index (χ4n) is 3.64. The molecule has 1 aliphatic heterocycles. The van der Waals surface area contributed by atoms with Gasteiger partial charge in [-0.2, -0.15) is 0 Å². The van der Waals surface area contributed by atoms with Crippen LogP contribution in [-0.2, 0) is 0 Å². The molecule has 5 nitrogen and oxygen atoms in total. The quantitative estimate of drug-likeness (QED) is 0.388. The largest absolute Gasteiger partial charge is 0.302 e. The average molecular weight is 378 g/mol. The molecule has 2 aromatic rings. The molecule has 0 saturated carbocycles. The first-order valence-corrected chi connectivity index (χ1v) is 9.65. The molecule has 146 valence electrons. The first-order valence-electron chi connectivity index (χ1n) is 9.65. The Balaban J connectivity index is 1.86. The molecule has 1 saturated heterocycles. The maximum absolute atomic E-state index is 12.8. The molecule has 0 spiro atoms. The fourth-order valence-corrected chi connectivity index (χ4v) is 3.64. The predicted octanol–water partition coefficient (Wildman–Crippen LogP) is 4.96. The van der Waals surface area contributed by atoms with Gasteiger partial charge in [-0.25, -0.2) is 0 Å². The van der Waals surface area contributed by atoms with E-state index in [-0.39, 0.29) is 22.4 Å². The summed E-state index contributed by atoms with van der Waals surface area (Å²) in [6.45, 7) is 7.63. The number of hydrogen-bond donors (Lipinski definition) is 0. The number of carbonyl (C=O) groups excluding carboxylic acids is 1. The Kier molecular flexibility index (Phi) is 6.05. The molecule has 1 aliphatic rings. The van der Waals surface area contributed by atoms with E-state index in [9.17, 15) is 14.9 Å². The standard InChI is InChI=1S/C23H26N2O3/c1-23(2,17-24-14-6-7-15-24)13-12-18-10-11-21(25(27)28)20(16-18)22(26)19-8-4-3-5-9-19/h3-5,8-13,16H,6-7,14-15,17H2,1-2H3. The second-order valence-corrected chi connectivity index (χ2v) is 8.03. The highest BCUT2D eigenvalue weighted by Crippen LogP contribution is 2.26. The number of hydrogen-bond acceptors (Lipinski definition) is 4. The van der Waals surface area contributed by atoms with Crippen molar-refractivity contribution in [3.05, 3.63) is 81.4 Å². The van der Waals surface area contributed by atoms with Crippen LogP contribution in [0, 0.1) is 15.5 Å². The van der Waals surface area contributed by atoms with Crippen molar-refractivity contribution in [3.63, 3.8) is 0 Å². The smallest absolute Gasteiger partial charge is 0.280 e. The molecule has 0 radical (unpaired) electrons. The van der Waals surface area contributed by atoms with E-state index in [4.69, 9.17) is 0 Å². The molecule has 0 amide bonds. The van der Waals surface area contributed by atoms with Crippen LogP contribution >= 0.6 is 0 Å². The van der Waals surface area contributed by atoms with Gasteiger partial charge in [0.1, 0.15) is 5.56 Å². The van der Waals surface area contributed by atoms with Crippen molar-refractivity contribution in [3.8, 4) is 0 Å². The summed E-state index contributed by atoms with van der Waals surface area (Å²) in [7, 11) is 0. The Hall–Kier alpha value is -2.79. The van der Waals surface area contributed by atoms with Gasteiger partial charge in [-0.3, -0.25) is 14.9 Å². The van der Waals surface area contributed by atoms with Crippen LogP contribution < -0.4 is 0 Å². The minimum atomic E-state index is -0.499. The molecule has 1 heterocycles. The summed E-state index contributed by atoms with van der Waals surface area (Å²) in [5, 5.41) is 11.4. The van der Waals surface area contributed by atoms with Crippen LogP contribution in [0.2, 0.25) is 0 Å². The van der Waals surface area contributed by atoms with Crippen LogP contribution in [0.15, 0.2) is 54.6 Å². The second kappa shape index (κ2) is 8.48. The van der Waals surface area contributed by atoms with Crippen LogP contribution in [0.1, 0.15) is 48.2 Å². The number of carbonyl (C=O) groups is 1. The Morgan fingerprint density at radius 1 is 1.14 bits per heavy atom. The highest BCUT2D eigenvalue weighted by molar-refractivity contribution is 6.11. The zero-order valence-corrected chi connectivity index (χ0v) is 16.4. The predicted molar refractivity (Wildman–Crippen MR) is 111 cm³/mol. The van der Waals surface area contributed by atoms with E-state index in [1.54, 1.807) is 36.4 Å². The molecule has 0 aromatic heterocycles. The van der Waals surface area contributed by atoms with E-state index in [0.29, 0.717) is 5.56 Å². The maximum Gasteiger partial charge on any atom is 0.280 e. The van der Waals surface area contributed by atoms with Crippen LogP contribution in [-0.4, -0.2) is 35.2 Å². The van der Waals surface area contributed by atoms with Gasteiger partial charge in [-0.1, -0.05) is 56.3 Å². The van der Waals surface area contributed by atoms with Gasteiger partial charge in [0, 0.05) is 18.2 Å². The van der Waals surface area contributed by atoms with Crippen molar-refractivity contribution in [2.45, 2.75) is 26.7 Å². The lowest BCUT2D eigenvalue weighted by Crippen LogP contribution is -2.30. The maximum atomic E-state index is 12.8. The van der Waals surface area contributed by atoms with E-state index in [2.05, 4.69) is 24.8 Å². The topological polar surface area (TPSA) is 63.5 Å². The third kappa shape index (κ3) is 4.93. The van der Waals surface area contributed by atoms with E-state index < -0.39 is 4.92 Å². The van der Waals surface area contributed by atoms with Gasteiger partial charge in [0.15, 0.2) is 5.78 Å². The van der Waals surface area contributed by atoms with Gasteiger partial charge in [-0.05, 0) is 49.0 Å². The number of nitrogens with zero attached hydrogens (tertiary/aromatic N) is 2. The molecule has 1 fully saturated rings. The molecule has 0 N–H and O–H groups in total. The summed E-state index contributed by atoms with van der Waals surface area (Å²) in [5.74, 6) is -0.334. The third-order valence-corrected chi connectivity index (χ3v) is 5.05. The van der Waals surface area contributed by atoms with Crippen molar-refractivity contribution >= 4 is 17.5 Å². The normalized spacial score (nSPS) is 15.2. The summed E-state index contributed by atoms with van der Waals surface area (Å²) < 4.78 is 0. The van der Waals surface area contributed by atoms with Crippen LogP contribution in [0.5, 0.6) is 0 Å². The minimum absolute atomic E-state index is 0.0181. The molecule has 0 bridgehead atoms.